The van der Waals surface area contributed by atoms with Gasteiger partial charge in [-0.2, -0.15) is 10.5 Å². The third-order valence-electron chi connectivity index (χ3n) is 5.10. The molecule has 9 nitrogen and oxygen atoms in total. The van der Waals surface area contributed by atoms with Crippen LogP contribution in [0.3, 0.4) is 0 Å². The summed E-state index contributed by atoms with van der Waals surface area (Å²) < 4.78 is 13.0. The van der Waals surface area contributed by atoms with Crippen molar-refractivity contribution in [2.75, 3.05) is 31.6 Å². The molecule has 2 saturated heterocycles. The second kappa shape index (κ2) is 8.21. The van der Waals surface area contributed by atoms with E-state index in [1.54, 1.807) is 40.2 Å². The van der Waals surface area contributed by atoms with E-state index in [1.807, 2.05) is 0 Å². The zero-order valence-corrected chi connectivity index (χ0v) is 15.7. The van der Waals surface area contributed by atoms with Gasteiger partial charge in [0, 0.05) is 25.6 Å². The molecule has 2 aliphatic heterocycles. The second-order valence-corrected chi connectivity index (χ2v) is 7.08. The van der Waals surface area contributed by atoms with Gasteiger partial charge in [0.15, 0.2) is 12.0 Å². The van der Waals surface area contributed by atoms with Crippen LogP contribution in [0.2, 0.25) is 0 Å². The molecule has 9 heteroatoms. The van der Waals surface area contributed by atoms with Crippen LogP contribution in [-0.4, -0.2) is 52.8 Å². The van der Waals surface area contributed by atoms with Crippen molar-refractivity contribution in [1.29, 1.82) is 10.5 Å². The van der Waals surface area contributed by atoms with E-state index in [0.29, 0.717) is 49.9 Å². The van der Waals surface area contributed by atoms with Crippen LogP contribution in [0.15, 0.2) is 30.7 Å². The summed E-state index contributed by atoms with van der Waals surface area (Å²) in [6.45, 7) is 2.21. The van der Waals surface area contributed by atoms with Gasteiger partial charge in [-0.1, -0.05) is 0 Å². The molecule has 2 fully saturated rings. The second-order valence-electron chi connectivity index (χ2n) is 7.08. The molecule has 0 radical (unpaired) electrons. The number of anilines is 1. The van der Waals surface area contributed by atoms with E-state index in [9.17, 15) is 10.1 Å². The summed E-state index contributed by atoms with van der Waals surface area (Å²) in [4.78, 5) is 18.2. The van der Waals surface area contributed by atoms with Gasteiger partial charge in [-0.05, 0) is 18.6 Å². The van der Waals surface area contributed by atoms with Crippen molar-refractivity contribution in [3.8, 4) is 23.7 Å². The van der Waals surface area contributed by atoms with Crippen LogP contribution in [0, 0.1) is 28.7 Å². The SMILES string of the molecule is N#Cc1ccc(-n2cnc(NC(=O)C3CCN(C#N)C3)c2)cc1OC1CCOC1. The van der Waals surface area contributed by atoms with Gasteiger partial charge in [-0.3, -0.25) is 4.79 Å². The van der Waals surface area contributed by atoms with Crippen molar-refractivity contribution < 1.29 is 14.3 Å². The summed E-state index contributed by atoms with van der Waals surface area (Å²) in [6, 6.07) is 7.43. The molecule has 0 spiro atoms. The molecule has 2 aromatic rings. The maximum atomic E-state index is 12.4. The first kappa shape index (κ1) is 18.8. The number of rotatable bonds is 5. The van der Waals surface area contributed by atoms with E-state index in [4.69, 9.17) is 14.7 Å². The number of carbonyl (C=O) groups excluding carboxylic acids is 1. The Bertz CT molecular complexity index is 983. The molecule has 2 aliphatic rings. The highest BCUT2D eigenvalue weighted by molar-refractivity contribution is 5.92. The van der Waals surface area contributed by atoms with Gasteiger partial charge in [0.05, 0.1) is 36.6 Å². The van der Waals surface area contributed by atoms with Gasteiger partial charge in [0.1, 0.15) is 24.3 Å². The molecule has 1 N–H and O–H groups in total. The van der Waals surface area contributed by atoms with Crippen molar-refractivity contribution in [1.82, 2.24) is 14.5 Å². The number of nitriles is 2. The number of nitrogens with one attached hydrogen (secondary N) is 1. The summed E-state index contributed by atoms with van der Waals surface area (Å²) in [7, 11) is 0. The van der Waals surface area contributed by atoms with Crippen LogP contribution in [0.25, 0.3) is 5.69 Å². The molecule has 4 rings (SSSR count). The lowest BCUT2D eigenvalue weighted by molar-refractivity contribution is -0.119. The van der Waals surface area contributed by atoms with Crippen LogP contribution < -0.4 is 10.1 Å². The Kier molecular flexibility index (Phi) is 5.32. The van der Waals surface area contributed by atoms with E-state index in [2.05, 4.69) is 22.6 Å². The van der Waals surface area contributed by atoms with Crippen LogP contribution >= 0.6 is 0 Å². The zero-order valence-electron chi connectivity index (χ0n) is 15.7. The molecule has 0 aliphatic carbocycles. The van der Waals surface area contributed by atoms with Gasteiger partial charge < -0.3 is 24.3 Å². The highest BCUT2D eigenvalue weighted by Crippen LogP contribution is 2.26. The number of hydrogen-bond donors (Lipinski definition) is 1. The zero-order chi connectivity index (χ0) is 20.2. The molecular formula is C20H20N6O3. The monoisotopic (exact) mass is 392 g/mol. The molecule has 0 bridgehead atoms. The fourth-order valence-corrected chi connectivity index (χ4v) is 3.47. The van der Waals surface area contributed by atoms with E-state index >= 15 is 0 Å². The largest absolute Gasteiger partial charge is 0.486 e. The van der Waals surface area contributed by atoms with Crippen LogP contribution in [0.4, 0.5) is 5.82 Å². The minimum Gasteiger partial charge on any atom is -0.486 e. The van der Waals surface area contributed by atoms with Gasteiger partial charge >= 0.3 is 0 Å². The first-order chi connectivity index (χ1) is 14.2. The number of nitrogens with zero attached hydrogens (tertiary/aromatic N) is 5. The lowest BCUT2D eigenvalue weighted by Gasteiger charge is -2.14. The minimum atomic E-state index is -0.219. The number of amides is 1. The highest BCUT2D eigenvalue weighted by atomic mass is 16.5. The molecule has 2 unspecified atom stereocenters. The van der Waals surface area contributed by atoms with Crippen molar-refractivity contribution >= 4 is 11.7 Å². The number of ether oxygens (including phenoxy) is 2. The molecular weight excluding hydrogens is 372 g/mol. The molecule has 1 aromatic heterocycles. The Morgan fingerprint density at radius 3 is 2.97 bits per heavy atom. The number of aromatic nitrogens is 2. The van der Waals surface area contributed by atoms with Crippen LogP contribution in [0.5, 0.6) is 5.75 Å². The van der Waals surface area contributed by atoms with Crippen molar-refractivity contribution in [2.24, 2.45) is 5.92 Å². The molecule has 29 heavy (non-hydrogen) atoms. The first-order valence-electron chi connectivity index (χ1n) is 9.44. The Morgan fingerprint density at radius 1 is 1.34 bits per heavy atom. The first-order valence-corrected chi connectivity index (χ1v) is 9.44. The quantitative estimate of drug-likeness (QED) is 0.769. The Morgan fingerprint density at radius 2 is 2.24 bits per heavy atom. The topological polar surface area (TPSA) is 116 Å². The van der Waals surface area contributed by atoms with E-state index in [1.165, 1.54) is 0 Å². The fourth-order valence-electron chi connectivity index (χ4n) is 3.47. The number of carbonyl (C=O) groups is 1. The molecule has 2 atom stereocenters. The van der Waals surface area contributed by atoms with Gasteiger partial charge in [-0.25, -0.2) is 4.98 Å². The number of likely N-dealkylation sites (tertiary alicyclic amines) is 1. The summed E-state index contributed by atoms with van der Waals surface area (Å²) in [6.07, 6.45) is 6.76. The number of benzene rings is 1. The van der Waals surface area contributed by atoms with Crippen molar-refractivity contribution in [3.63, 3.8) is 0 Å². The Balaban J connectivity index is 1.47. The maximum absolute atomic E-state index is 12.4. The number of imidazole rings is 1. The maximum Gasteiger partial charge on any atom is 0.230 e. The van der Waals surface area contributed by atoms with Gasteiger partial charge in [0.2, 0.25) is 5.91 Å². The fraction of sp³-hybridized carbons (Fsp3) is 0.400. The smallest absolute Gasteiger partial charge is 0.230 e. The van der Waals surface area contributed by atoms with Gasteiger partial charge in [-0.15, -0.1) is 0 Å². The van der Waals surface area contributed by atoms with E-state index in [0.717, 1.165) is 12.1 Å². The molecule has 148 valence electrons. The Labute approximate surface area is 168 Å². The molecule has 0 saturated carbocycles. The summed E-state index contributed by atoms with van der Waals surface area (Å²) in [5.74, 6) is 0.574. The Hall–Kier alpha value is -3.56. The lowest BCUT2D eigenvalue weighted by atomic mass is 10.1. The van der Waals surface area contributed by atoms with Gasteiger partial charge in [0.25, 0.3) is 0 Å². The molecule has 1 amide bonds. The third kappa shape index (κ3) is 4.15. The third-order valence-corrected chi connectivity index (χ3v) is 5.10. The van der Waals surface area contributed by atoms with Crippen molar-refractivity contribution in [3.05, 3.63) is 36.3 Å². The highest BCUT2D eigenvalue weighted by Gasteiger charge is 2.28. The summed E-state index contributed by atoms with van der Waals surface area (Å²) in [5.41, 5.74) is 1.22. The van der Waals surface area contributed by atoms with Crippen molar-refractivity contribution in [2.45, 2.75) is 18.9 Å². The average Bonchev–Trinajstić information content (AvgIpc) is 3.49. The van der Waals surface area contributed by atoms with E-state index in [-0.39, 0.29) is 17.9 Å². The average molecular weight is 392 g/mol. The predicted molar refractivity (Wildman–Crippen MR) is 102 cm³/mol. The van der Waals surface area contributed by atoms with Crippen LogP contribution in [0.1, 0.15) is 18.4 Å². The summed E-state index contributed by atoms with van der Waals surface area (Å²) in [5, 5.41) is 21.1. The summed E-state index contributed by atoms with van der Waals surface area (Å²) >= 11 is 0. The predicted octanol–water partition coefficient (Wildman–Crippen LogP) is 1.65. The lowest BCUT2D eigenvalue weighted by Crippen LogP contribution is -2.25. The minimum absolute atomic E-state index is 0.0608. The molecule has 3 heterocycles. The standard InChI is InChI=1S/C20H20N6O3/c21-8-14-1-2-16(7-18(14)29-17-4-6-28-11-17)26-10-19(23-13-26)24-20(27)15-3-5-25(9-15)12-22/h1-2,7,10,13,15,17H,3-6,9,11H2,(H,24,27). The number of hydrogen-bond acceptors (Lipinski definition) is 7. The van der Waals surface area contributed by atoms with Crippen LogP contribution in [-0.2, 0) is 9.53 Å². The normalized spacial score (nSPS) is 20.8. The molecule has 1 aromatic carbocycles. The van der Waals surface area contributed by atoms with E-state index < -0.39 is 0 Å².